The molecule has 2 aromatic carbocycles. The second-order valence-electron chi connectivity index (χ2n) is 6.72. The molecule has 2 heterocycles. The molecule has 0 spiro atoms. The highest BCUT2D eigenvalue weighted by atomic mass is 35.5. The molecule has 1 aromatic heterocycles. The number of amides is 1. The highest BCUT2D eigenvalue weighted by Crippen LogP contribution is 2.33. The third-order valence-corrected chi connectivity index (χ3v) is 6.26. The molecule has 1 aliphatic heterocycles. The van der Waals surface area contributed by atoms with Crippen molar-refractivity contribution in [2.75, 3.05) is 17.2 Å². The SMILES string of the molecule is N[C@H](CNc1ncc(-c2ccc3c(c2)CC(=O)N3)s1)Cc1ccc(Cl)c(Cl)c1. The third-order valence-electron chi connectivity index (χ3n) is 4.52. The van der Waals surface area contributed by atoms with E-state index in [9.17, 15) is 4.79 Å². The summed E-state index contributed by atoms with van der Waals surface area (Å²) in [4.78, 5) is 17.0. The second kappa shape index (κ2) is 8.09. The van der Waals surface area contributed by atoms with Crippen molar-refractivity contribution in [3.8, 4) is 10.4 Å². The molecular weight excluding hydrogens is 415 g/mol. The number of nitrogens with one attached hydrogen (secondary N) is 2. The highest BCUT2D eigenvalue weighted by molar-refractivity contribution is 7.18. The van der Waals surface area contributed by atoms with Crippen molar-refractivity contribution >= 4 is 51.3 Å². The van der Waals surface area contributed by atoms with Crippen LogP contribution in [0.15, 0.2) is 42.6 Å². The van der Waals surface area contributed by atoms with Gasteiger partial charge in [-0.1, -0.05) is 46.7 Å². The Labute approximate surface area is 176 Å². The van der Waals surface area contributed by atoms with E-state index >= 15 is 0 Å². The van der Waals surface area contributed by atoms with Gasteiger partial charge in [0, 0.05) is 24.5 Å². The van der Waals surface area contributed by atoms with E-state index in [4.69, 9.17) is 28.9 Å². The number of thiazole rings is 1. The van der Waals surface area contributed by atoms with E-state index in [-0.39, 0.29) is 11.9 Å². The Kier molecular flexibility index (Phi) is 5.55. The van der Waals surface area contributed by atoms with Crippen LogP contribution >= 0.6 is 34.5 Å². The molecule has 4 rings (SSSR count). The van der Waals surface area contributed by atoms with Gasteiger partial charge in [-0.25, -0.2) is 4.98 Å². The minimum absolute atomic E-state index is 0.0368. The molecule has 0 radical (unpaired) electrons. The number of fused-ring (bicyclic) bond motifs is 1. The van der Waals surface area contributed by atoms with Crippen LogP contribution in [0.2, 0.25) is 10.0 Å². The lowest BCUT2D eigenvalue weighted by Crippen LogP contribution is -2.31. The molecule has 28 heavy (non-hydrogen) atoms. The fraction of sp³-hybridized carbons (Fsp3) is 0.200. The maximum Gasteiger partial charge on any atom is 0.228 e. The minimum Gasteiger partial charge on any atom is -0.360 e. The zero-order valence-electron chi connectivity index (χ0n) is 14.8. The number of rotatable bonds is 6. The number of carbonyl (C=O) groups is 1. The first kappa shape index (κ1) is 19.2. The molecule has 144 valence electrons. The smallest absolute Gasteiger partial charge is 0.228 e. The van der Waals surface area contributed by atoms with Crippen LogP contribution in [0.1, 0.15) is 11.1 Å². The first-order valence-electron chi connectivity index (χ1n) is 8.80. The number of aromatic nitrogens is 1. The summed E-state index contributed by atoms with van der Waals surface area (Å²) in [6.07, 6.45) is 2.95. The summed E-state index contributed by atoms with van der Waals surface area (Å²) in [5.41, 5.74) is 10.3. The van der Waals surface area contributed by atoms with E-state index in [0.717, 1.165) is 32.4 Å². The van der Waals surface area contributed by atoms with Crippen molar-refractivity contribution in [3.63, 3.8) is 0 Å². The van der Waals surface area contributed by atoms with Crippen molar-refractivity contribution in [1.82, 2.24) is 4.98 Å². The Morgan fingerprint density at radius 1 is 1.21 bits per heavy atom. The summed E-state index contributed by atoms with van der Waals surface area (Å²) in [7, 11) is 0. The quantitative estimate of drug-likeness (QED) is 0.531. The summed E-state index contributed by atoms with van der Waals surface area (Å²) in [6, 6.07) is 11.5. The molecule has 1 amide bonds. The van der Waals surface area contributed by atoms with Gasteiger partial charge in [-0.3, -0.25) is 4.79 Å². The molecule has 1 atom stereocenters. The third kappa shape index (κ3) is 4.31. The zero-order chi connectivity index (χ0) is 19.7. The molecule has 8 heteroatoms. The zero-order valence-corrected chi connectivity index (χ0v) is 17.2. The highest BCUT2D eigenvalue weighted by Gasteiger charge is 2.18. The van der Waals surface area contributed by atoms with Gasteiger partial charge >= 0.3 is 0 Å². The summed E-state index contributed by atoms with van der Waals surface area (Å²) >= 11 is 13.6. The van der Waals surface area contributed by atoms with Crippen LogP contribution in [0.3, 0.4) is 0 Å². The van der Waals surface area contributed by atoms with Crippen molar-refractivity contribution < 1.29 is 4.79 Å². The molecule has 0 saturated carbocycles. The van der Waals surface area contributed by atoms with Gasteiger partial charge in [-0.2, -0.15) is 0 Å². The average molecular weight is 433 g/mol. The van der Waals surface area contributed by atoms with E-state index < -0.39 is 0 Å². The van der Waals surface area contributed by atoms with Gasteiger partial charge in [0.2, 0.25) is 5.91 Å². The van der Waals surface area contributed by atoms with Gasteiger partial charge < -0.3 is 16.4 Å². The predicted molar refractivity (Wildman–Crippen MR) is 117 cm³/mol. The number of hydrogen-bond acceptors (Lipinski definition) is 5. The van der Waals surface area contributed by atoms with Gasteiger partial charge in [0.1, 0.15) is 0 Å². The standard InChI is InChI=1S/C20H18Cl2N4OS/c21-15-3-1-11(6-16(15)22)5-14(23)9-24-20-25-10-18(28-20)12-2-4-17-13(7-12)8-19(27)26-17/h1-4,6-7,10,14H,5,8-9,23H2,(H,24,25)(H,26,27)/t14-/m0/s1. The molecule has 1 aliphatic rings. The first-order valence-corrected chi connectivity index (χ1v) is 10.4. The van der Waals surface area contributed by atoms with Crippen LogP contribution < -0.4 is 16.4 Å². The normalized spacial score (nSPS) is 13.9. The van der Waals surface area contributed by atoms with Gasteiger partial charge in [0.25, 0.3) is 0 Å². The molecule has 5 nitrogen and oxygen atoms in total. The first-order chi connectivity index (χ1) is 13.5. The van der Waals surface area contributed by atoms with Crippen LogP contribution in [0, 0.1) is 0 Å². The molecule has 0 saturated heterocycles. The van der Waals surface area contributed by atoms with E-state index in [1.807, 2.05) is 36.5 Å². The Morgan fingerprint density at radius 3 is 2.89 bits per heavy atom. The van der Waals surface area contributed by atoms with E-state index in [0.29, 0.717) is 29.4 Å². The molecule has 0 fully saturated rings. The van der Waals surface area contributed by atoms with Gasteiger partial charge in [-0.05, 0) is 47.4 Å². The Morgan fingerprint density at radius 2 is 2.07 bits per heavy atom. The second-order valence-corrected chi connectivity index (χ2v) is 8.57. The number of halogens is 2. The maximum absolute atomic E-state index is 11.5. The number of carbonyl (C=O) groups excluding carboxylic acids is 1. The summed E-state index contributed by atoms with van der Waals surface area (Å²) in [5.74, 6) is 0.0368. The van der Waals surface area contributed by atoms with Crippen molar-refractivity contribution in [3.05, 3.63) is 63.8 Å². The number of hydrogen-bond donors (Lipinski definition) is 3. The monoisotopic (exact) mass is 432 g/mol. The van der Waals surface area contributed by atoms with Crippen LogP contribution in [-0.2, 0) is 17.6 Å². The Balaban J connectivity index is 1.36. The molecule has 0 aliphatic carbocycles. The molecular formula is C20H18Cl2N4OS. The molecule has 3 aromatic rings. The number of nitrogens with zero attached hydrogens (tertiary/aromatic N) is 1. The predicted octanol–water partition coefficient (Wildman–Crippen LogP) is 4.59. The largest absolute Gasteiger partial charge is 0.360 e. The van der Waals surface area contributed by atoms with E-state index in [1.165, 1.54) is 0 Å². The van der Waals surface area contributed by atoms with Crippen LogP contribution in [-0.4, -0.2) is 23.5 Å². The van der Waals surface area contributed by atoms with E-state index in [2.05, 4.69) is 15.6 Å². The van der Waals surface area contributed by atoms with Crippen LogP contribution in [0.25, 0.3) is 10.4 Å². The molecule has 0 unspecified atom stereocenters. The van der Waals surface area contributed by atoms with Gasteiger partial charge in [-0.15, -0.1) is 0 Å². The lowest BCUT2D eigenvalue weighted by Gasteiger charge is -2.12. The maximum atomic E-state index is 11.5. The number of benzene rings is 2. The summed E-state index contributed by atoms with van der Waals surface area (Å²) < 4.78 is 0. The molecule has 4 N–H and O–H groups in total. The summed E-state index contributed by atoms with van der Waals surface area (Å²) in [6.45, 7) is 0.593. The van der Waals surface area contributed by atoms with Crippen LogP contribution in [0.5, 0.6) is 0 Å². The summed E-state index contributed by atoms with van der Waals surface area (Å²) in [5, 5.41) is 8.04. The Hall–Kier alpha value is -2.12. The van der Waals surface area contributed by atoms with Crippen molar-refractivity contribution in [1.29, 1.82) is 0 Å². The topological polar surface area (TPSA) is 80.0 Å². The molecule has 0 bridgehead atoms. The van der Waals surface area contributed by atoms with Crippen molar-refractivity contribution in [2.45, 2.75) is 18.9 Å². The lowest BCUT2D eigenvalue weighted by molar-refractivity contribution is -0.115. The van der Waals surface area contributed by atoms with Crippen molar-refractivity contribution in [2.24, 2.45) is 5.73 Å². The number of nitrogens with two attached hydrogens (primary N) is 1. The van der Waals surface area contributed by atoms with Crippen LogP contribution in [0.4, 0.5) is 10.8 Å². The van der Waals surface area contributed by atoms with Gasteiger partial charge in [0.05, 0.1) is 21.3 Å². The minimum atomic E-state index is -0.0818. The Bertz CT molecular complexity index is 1040. The van der Waals surface area contributed by atoms with Gasteiger partial charge in [0.15, 0.2) is 5.13 Å². The number of anilines is 2. The van der Waals surface area contributed by atoms with E-state index in [1.54, 1.807) is 17.4 Å². The fourth-order valence-corrected chi connectivity index (χ4v) is 4.27. The average Bonchev–Trinajstić information content (AvgIpc) is 3.28. The fourth-order valence-electron chi connectivity index (χ4n) is 3.13. The lowest BCUT2D eigenvalue weighted by atomic mass is 10.1.